The molecule has 0 spiro atoms. The van der Waals surface area contributed by atoms with Crippen LogP contribution in [0, 0.1) is 0 Å². The van der Waals surface area contributed by atoms with Gasteiger partial charge in [0.1, 0.15) is 6.33 Å². The van der Waals surface area contributed by atoms with Crippen LogP contribution in [-0.2, 0) is 0 Å². The van der Waals surface area contributed by atoms with Gasteiger partial charge in [-0.25, -0.2) is 14.8 Å². The molecule has 2 rings (SSSR count). The Bertz CT molecular complexity index is 357. The number of hydrogen-bond donors (Lipinski definition) is 1. The lowest BCUT2D eigenvalue weighted by atomic mass is 10.2. The molecule has 1 amide bonds. The largest absolute Gasteiger partial charge is 0.416 e. The van der Waals surface area contributed by atoms with Crippen molar-refractivity contribution in [3.63, 3.8) is 0 Å². The Kier molecular flexibility index (Phi) is 3.31. The molecule has 1 aliphatic heterocycles. The third kappa shape index (κ3) is 2.66. The molecule has 1 fully saturated rings. The molecule has 1 aromatic heterocycles. The van der Waals surface area contributed by atoms with Gasteiger partial charge in [0.05, 0.1) is 0 Å². The zero-order valence-electron chi connectivity index (χ0n) is 9.09. The Morgan fingerprint density at radius 1 is 1.69 bits per heavy atom. The summed E-state index contributed by atoms with van der Waals surface area (Å²) in [5, 5.41) is 3.26. The molecule has 6 nitrogen and oxygen atoms in total. The zero-order valence-corrected chi connectivity index (χ0v) is 9.09. The summed E-state index contributed by atoms with van der Waals surface area (Å²) in [5.41, 5.74) is 0. The first-order chi connectivity index (χ1) is 7.75. The molecule has 1 atom stereocenters. The lowest BCUT2D eigenvalue weighted by Crippen LogP contribution is -2.52. The van der Waals surface area contributed by atoms with E-state index >= 15 is 0 Å². The second kappa shape index (κ2) is 4.89. The Labute approximate surface area is 93.6 Å². The van der Waals surface area contributed by atoms with Crippen LogP contribution in [0.2, 0.25) is 0 Å². The summed E-state index contributed by atoms with van der Waals surface area (Å²) < 4.78 is 5.11. The summed E-state index contributed by atoms with van der Waals surface area (Å²) in [7, 11) is 0. The number of carbonyl (C=O) groups excluding carboxylic acids is 1. The van der Waals surface area contributed by atoms with Crippen molar-refractivity contribution in [3.05, 3.63) is 18.6 Å². The van der Waals surface area contributed by atoms with Crippen LogP contribution in [0.5, 0.6) is 5.88 Å². The third-order valence-electron chi connectivity index (χ3n) is 2.37. The van der Waals surface area contributed by atoms with Gasteiger partial charge in [-0.05, 0) is 6.92 Å². The van der Waals surface area contributed by atoms with E-state index in [2.05, 4.69) is 15.3 Å². The van der Waals surface area contributed by atoms with Gasteiger partial charge in [-0.1, -0.05) is 0 Å². The summed E-state index contributed by atoms with van der Waals surface area (Å²) in [6, 6.07) is 1.86. The Hall–Kier alpha value is -1.69. The van der Waals surface area contributed by atoms with E-state index in [9.17, 15) is 4.79 Å². The summed E-state index contributed by atoms with van der Waals surface area (Å²) in [6.45, 7) is 4.14. The molecule has 2 heterocycles. The van der Waals surface area contributed by atoms with E-state index in [0.717, 1.165) is 6.54 Å². The highest BCUT2D eigenvalue weighted by Gasteiger charge is 2.22. The van der Waals surface area contributed by atoms with Crippen molar-refractivity contribution in [2.45, 2.75) is 13.0 Å². The molecule has 1 unspecified atom stereocenters. The van der Waals surface area contributed by atoms with Crippen molar-refractivity contribution in [3.8, 4) is 5.88 Å². The maximum Gasteiger partial charge on any atom is 0.416 e. The monoisotopic (exact) mass is 222 g/mol. The number of aromatic nitrogens is 2. The van der Waals surface area contributed by atoms with Gasteiger partial charge in [-0.15, -0.1) is 0 Å². The minimum Gasteiger partial charge on any atom is -0.391 e. The topological polar surface area (TPSA) is 67.4 Å². The standard InChI is InChI=1S/C10H14N4O2/c1-8-6-14(5-4-12-8)10(15)16-9-2-3-11-7-13-9/h2-3,7-8,12H,4-6H2,1H3. The SMILES string of the molecule is CC1CN(C(=O)Oc2ccncn2)CCN1. The first kappa shape index (κ1) is 10.8. The van der Waals surface area contributed by atoms with Gasteiger partial charge < -0.3 is 15.0 Å². The average Bonchev–Trinajstić information content (AvgIpc) is 2.30. The predicted octanol–water partition coefficient (Wildman–Crippen LogP) is 0.269. The molecular weight excluding hydrogens is 208 g/mol. The minimum atomic E-state index is -0.355. The number of amides is 1. The average molecular weight is 222 g/mol. The van der Waals surface area contributed by atoms with Gasteiger partial charge in [-0.2, -0.15) is 0 Å². The van der Waals surface area contributed by atoms with Crippen molar-refractivity contribution in [1.29, 1.82) is 0 Å². The molecule has 1 saturated heterocycles. The molecule has 1 N–H and O–H groups in total. The summed E-state index contributed by atoms with van der Waals surface area (Å²) >= 11 is 0. The van der Waals surface area contributed by atoms with Crippen molar-refractivity contribution < 1.29 is 9.53 Å². The maximum atomic E-state index is 11.7. The lowest BCUT2D eigenvalue weighted by Gasteiger charge is -2.30. The van der Waals surface area contributed by atoms with E-state index in [1.54, 1.807) is 11.0 Å². The van der Waals surface area contributed by atoms with Crippen LogP contribution in [-0.4, -0.2) is 46.6 Å². The number of ether oxygens (including phenoxy) is 1. The van der Waals surface area contributed by atoms with Gasteiger partial charge in [0.15, 0.2) is 0 Å². The van der Waals surface area contributed by atoms with Gasteiger partial charge in [-0.3, -0.25) is 0 Å². The fourth-order valence-corrected chi connectivity index (χ4v) is 1.59. The first-order valence-electron chi connectivity index (χ1n) is 5.22. The molecule has 1 aromatic rings. The van der Waals surface area contributed by atoms with E-state index in [0.29, 0.717) is 19.1 Å². The van der Waals surface area contributed by atoms with Gasteiger partial charge >= 0.3 is 6.09 Å². The van der Waals surface area contributed by atoms with Crippen LogP contribution in [0.1, 0.15) is 6.92 Å². The predicted molar refractivity (Wildman–Crippen MR) is 57.1 cm³/mol. The highest BCUT2D eigenvalue weighted by Crippen LogP contribution is 2.06. The molecule has 16 heavy (non-hydrogen) atoms. The number of nitrogens with zero attached hydrogens (tertiary/aromatic N) is 3. The third-order valence-corrected chi connectivity index (χ3v) is 2.37. The maximum absolute atomic E-state index is 11.7. The van der Waals surface area contributed by atoms with E-state index < -0.39 is 0 Å². The summed E-state index contributed by atoms with van der Waals surface area (Å²) in [5.74, 6) is 0.284. The minimum absolute atomic E-state index is 0.284. The Morgan fingerprint density at radius 2 is 2.56 bits per heavy atom. The van der Waals surface area contributed by atoms with Crippen molar-refractivity contribution in [2.24, 2.45) is 0 Å². The second-order valence-electron chi connectivity index (χ2n) is 3.72. The smallest absolute Gasteiger partial charge is 0.391 e. The molecule has 0 aromatic carbocycles. The van der Waals surface area contributed by atoms with E-state index in [-0.39, 0.29) is 12.0 Å². The van der Waals surface area contributed by atoms with Gasteiger partial charge in [0.25, 0.3) is 0 Å². The van der Waals surface area contributed by atoms with Crippen LogP contribution in [0.4, 0.5) is 4.79 Å². The number of hydrogen-bond acceptors (Lipinski definition) is 5. The summed E-state index contributed by atoms with van der Waals surface area (Å²) in [6.07, 6.45) is 2.53. The highest BCUT2D eigenvalue weighted by molar-refractivity contribution is 5.70. The van der Waals surface area contributed by atoms with Crippen molar-refractivity contribution >= 4 is 6.09 Å². The first-order valence-corrected chi connectivity index (χ1v) is 5.22. The molecule has 0 saturated carbocycles. The van der Waals surface area contributed by atoms with Crippen molar-refractivity contribution in [1.82, 2.24) is 20.2 Å². The van der Waals surface area contributed by atoms with E-state index in [1.807, 2.05) is 6.92 Å². The Morgan fingerprint density at radius 3 is 3.25 bits per heavy atom. The van der Waals surface area contributed by atoms with Crippen LogP contribution in [0.3, 0.4) is 0 Å². The number of rotatable bonds is 1. The quantitative estimate of drug-likeness (QED) is 0.738. The summed E-state index contributed by atoms with van der Waals surface area (Å²) in [4.78, 5) is 21.0. The number of nitrogens with one attached hydrogen (secondary N) is 1. The van der Waals surface area contributed by atoms with Crippen LogP contribution < -0.4 is 10.1 Å². The fourth-order valence-electron chi connectivity index (χ4n) is 1.59. The fraction of sp³-hybridized carbons (Fsp3) is 0.500. The van der Waals surface area contributed by atoms with E-state index in [1.165, 1.54) is 12.5 Å². The molecule has 86 valence electrons. The molecule has 0 bridgehead atoms. The van der Waals surface area contributed by atoms with Crippen LogP contribution in [0.15, 0.2) is 18.6 Å². The number of piperazine rings is 1. The second-order valence-corrected chi connectivity index (χ2v) is 3.72. The van der Waals surface area contributed by atoms with Crippen LogP contribution >= 0.6 is 0 Å². The molecule has 6 heteroatoms. The Balaban J connectivity index is 1.93. The zero-order chi connectivity index (χ0) is 11.4. The molecule has 0 aliphatic carbocycles. The normalized spacial score (nSPS) is 20.6. The van der Waals surface area contributed by atoms with Gasteiger partial charge in [0.2, 0.25) is 5.88 Å². The van der Waals surface area contributed by atoms with Crippen molar-refractivity contribution in [2.75, 3.05) is 19.6 Å². The lowest BCUT2D eigenvalue weighted by molar-refractivity contribution is 0.135. The highest BCUT2D eigenvalue weighted by atomic mass is 16.6. The van der Waals surface area contributed by atoms with E-state index in [4.69, 9.17) is 4.74 Å². The van der Waals surface area contributed by atoms with Gasteiger partial charge in [0, 0.05) is 37.9 Å². The molecule has 0 radical (unpaired) electrons. The molecule has 1 aliphatic rings. The van der Waals surface area contributed by atoms with Crippen LogP contribution in [0.25, 0.3) is 0 Å². The molecular formula is C10H14N4O2. The number of carbonyl (C=O) groups is 1.